The lowest BCUT2D eigenvalue weighted by Gasteiger charge is -2.27. The molecule has 1 aromatic carbocycles. The van der Waals surface area contributed by atoms with Gasteiger partial charge >= 0.3 is 0 Å². The zero-order valence-electron chi connectivity index (χ0n) is 8.07. The van der Waals surface area contributed by atoms with Gasteiger partial charge in [0.05, 0.1) is 6.04 Å². The molecule has 1 fully saturated rings. The molecule has 1 aromatic rings. The minimum absolute atomic E-state index is 0.0287. The van der Waals surface area contributed by atoms with Crippen LogP contribution in [0.5, 0.6) is 0 Å². The topological polar surface area (TPSA) is 29.1 Å². The normalized spacial score (nSPS) is 27.6. The standard InChI is InChI=1S/C11H13NOS/c1-8-11(13)14-7-10(12-8)9-5-3-2-4-6-9/h2-6,8,10,12H,7H2,1H3/t8-,10-/m0/s1. The molecule has 0 bridgehead atoms. The predicted molar refractivity (Wildman–Crippen MR) is 59.2 cm³/mol. The summed E-state index contributed by atoms with van der Waals surface area (Å²) in [5.74, 6) is 0.840. The maximum atomic E-state index is 11.3. The van der Waals surface area contributed by atoms with Crippen LogP contribution in [0.2, 0.25) is 0 Å². The smallest absolute Gasteiger partial charge is 0.205 e. The average Bonchev–Trinajstić information content (AvgIpc) is 2.23. The number of hydrogen-bond donors (Lipinski definition) is 1. The zero-order valence-corrected chi connectivity index (χ0v) is 8.88. The minimum Gasteiger partial charge on any atom is -0.299 e. The molecule has 74 valence electrons. The quantitative estimate of drug-likeness (QED) is 0.763. The first-order valence-corrected chi connectivity index (χ1v) is 5.73. The summed E-state index contributed by atoms with van der Waals surface area (Å²) in [6.45, 7) is 1.92. The monoisotopic (exact) mass is 207 g/mol. The molecule has 0 radical (unpaired) electrons. The number of hydrogen-bond acceptors (Lipinski definition) is 3. The lowest BCUT2D eigenvalue weighted by molar-refractivity contribution is -0.112. The molecule has 2 atom stereocenters. The molecule has 1 aliphatic rings. The Morgan fingerprint density at radius 3 is 2.71 bits per heavy atom. The Bertz CT molecular complexity index is 325. The van der Waals surface area contributed by atoms with Crippen molar-refractivity contribution in [2.24, 2.45) is 0 Å². The van der Waals surface area contributed by atoms with Crippen LogP contribution in [-0.4, -0.2) is 16.9 Å². The molecule has 0 aromatic heterocycles. The molecule has 2 nitrogen and oxygen atoms in total. The van der Waals surface area contributed by atoms with Crippen LogP contribution in [0.15, 0.2) is 30.3 Å². The second kappa shape index (κ2) is 4.15. The first-order valence-electron chi connectivity index (χ1n) is 4.75. The van der Waals surface area contributed by atoms with E-state index in [-0.39, 0.29) is 11.2 Å². The Hall–Kier alpha value is -0.800. The van der Waals surface area contributed by atoms with Gasteiger partial charge in [-0.05, 0) is 12.5 Å². The van der Waals surface area contributed by atoms with Gasteiger partial charge < -0.3 is 0 Å². The highest BCUT2D eigenvalue weighted by Crippen LogP contribution is 2.24. The second-order valence-corrected chi connectivity index (χ2v) is 4.51. The maximum Gasteiger partial charge on any atom is 0.205 e. The van der Waals surface area contributed by atoms with Gasteiger partial charge in [0.1, 0.15) is 0 Å². The molecule has 2 rings (SSSR count). The fourth-order valence-electron chi connectivity index (χ4n) is 1.59. The van der Waals surface area contributed by atoms with Gasteiger partial charge in [-0.15, -0.1) is 0 Å². The Kier molecular flexibility index (Phi) is 2.89. The molecule has 1 saturated heterocycles. The van der Waals surface area contributed by atoms with Crippen LogP contribution in [0.1, 0.15) is 18.5 Å². The van der Waals surface area contributed by atoms with Gasteiger partial charge in [0.25, 0.3) is 0 Å². The molecule has 1 heterocycles. The van der Waals surface area contributed by atoms with Crippen LogP contribution >= 0.6 is 11.8 Å². The molecule has 0 aliphatic carbocycles. The van der Waals surface area contributed by atoms with E-state index in [2.05, 4.69) is 17.4 Å². The van der Waals surface area contributed by atoms with Crippen LogP contribution in [0.25, 0.3) is 0 Å². The van der Waals surface area contributed by atoms with Crippen LogP contribution in [0.3, 0.4) is 0 Å². The number of carbonyl (C=O) groups is 1. The first kappa shape index (κ1) is 9.74. The predicted octanol–water partition coefficient (Wildman–Crippen LogP) is 1.98. The van der Waals surface area contributed by atoms with Gasteiger partial charge in [0, 0.05) is 11.8 Å². The summed E-state index contributed by atoms with van der Waals surface area (Å²) in [4.78, 5) is 11.3. The number of thioether (sulfide) groups is 1. The third-order valence-electron chi connectivity index (χ3n) is 2.40. The fraction of sp³-hybridized carbons (Fsp3) is 0.364. The van der Waals surface area contributed by atoms with Crippen molar-refractivity contribution in [3.8, 4) is 0 Å². The highest BCUT2D eigenvalue weighted by molar-refractivity contribution is 8.13. The molecule has 0 saturated carbocycles. The largest absolute Gasteiger partial charge is 0.299 e. The van der Waals surface area contributed by atoms with Crippen molar-refractivity contribution < 1.29 is 4.79 Å². The van der Waals surface area contributed by atoms with Crippen molar-refractivity contribution in [3.05, 3.63) is 35.9 Å². The average molecular weight is 207 g/mol. The molecule has 0 unspecified atom stereocenters. The van der Waals surface area contributed by atoms with Crippen molar-refractivity contribution in [1.82, 2.24) is 5.32 Å². The van der Waals surface area contributed by atoms with E-state index in [1.807, 2.05) is 25.1 Å². The minimum atomic E-state index is -0.0287. The Morgan fingerprint density at radius 1 is 1.36 bits per heavy atom. The van der Waals surface area contributed by atoms with E-state index >= 15 is 0 Å². The first-order chi connectivity index (χ1) is 6.77. The summed E-state index contributed by atoms with van der Waals surface area (Å²) < 4.78 is 0. The number of rotatable bonds is 1. The van der Waals surface area contributed by atoms with Crippen molar-refractivity contribution >= 4 is 16.9 Å². The van der Waals surface area contributed by atoms with Crippen LogP contribution in [0, 0.1) is 0 Å². The van der Waals surface area contributed by atoms with Crippen molar-refractivity contribution in [1.29, 1.82) is 0 Å². The number of nitrogens with one attached hydrogen (secondary N) is 1. The van der Waals surface area contributed by atoms with Gasteiger partial charge in [-0.2, -0.15) is 0 Å². The molecule has 1 N–H and O–H groups in total. The summed E-state index contributed by atoms with van der Waals surface area (Å²) in [7, 11) is 0. The number of carbonyl (C=O) groups excluding carboxylic acids is 1. The Morgan fingerprint density at radius 2 is 2.07 bits per heavy atom. The zero-order chi connectivity index (χ0) is 9.97. The highest BCUT2D eigenvalue weighted by atomic mass is 32.2. The molecule has 0 spiro atoms. The van der Waals surface area contributed by atoms with Gasteiger partial charge in [-0.3, -0.25) is 10.1 Å². The molecule has 1 aliphatic heterocycles. The van der Waals surface area contributed by atoms with E-state index in [0.29, 0.717) is 6.04 Å². The third kappa shape index (κ3) is 1.99. The molecular formula is C11H13NOS. The summed E-state index contributed by atoms with van der Waals surface area (Å²) in [6.07, 6.45) is 0. The highest BCUT2D eigenvalue weighted by Gasteiger charge is 2.25. The lowest BCUT2D eigenvalue weighted by Crippen LogP contribution is -2.41. The third-order valence-corrected chi connectivity index (χ3v) is 3.54. The Balaban J connectivity index is 2.11. The van der Waals surface area contributed by atoms with Gasteiger partial charge in [0.2, 0.25) is 5.12 Å². The van der Waals surface area contributed by atoms with E-state index in [0.717, 1.165) is 5.75 Å². The van der Waals surface area contributed by atoms with Crippen molar-refractivity contribution in [3.63, 3.8) is 0 Å². The van der Waals surface area contributed by atoms with E-state index < -0.39 is 0 Å². The van der Waals surface area contributed by atoms with Crippen molar-refractivity contribution in [2.45, 2.75) is 19.0 Å². The van der Waals surface area contributed by atoms with Crippen LogP contribution in [-0.2, 0) is 4.79 Å². The molecular weight excluding hydrogens is 194 g/mol. The van der Waals surface area contributed by atoms with Gasteiger partial charge in [-0.25, -0.2) is 0 Å². The van der Waals surface area contributed by atoms with Gasteiger partial charge in [0.15, 0.2) is 0 Å². The van der Waals surface area contributed by atoms with Crippen molar-refractivity contribution in [2.75, 3.05) is 5.75 Å². The second-order valence-electron chi connectivity index (χ2n) is 3.48. The SMILES string of the molecule is C[C@@H]1N[C@H](c2ccccc2)CSC1=O. The summed E-state index contributed by atoms with van der Waals surface area (Å²) >= 11 is 1.43. The summed E-state index contributed by atoms with van der Waals surface area (Å²) in [6, 6.07) is 10.6. The van der Waals surface area contributed by atoms with E-state index in [4.69, 9.17) is 0 Å². The summed E-state index contributed by atoms with van der Waals surface area (Å²) in [5.41, 5.74) is 1.26. The molecule has 0 amide bonds. The van der Waals surface area contributed by atoms with E-state index in [9.17, 15) is 4.79 Å². The van der Waals surface area contributed by atoms with Crippen LogP contribution < -0.4 is 5.32 Å². The fourth-order valence-corrected chi connectivity index (χ4v) is 2.52. The lowest BCUT2D eigenvalue weighted by atomic mass is 10.1. The van der Waals surface area contributed by atoms with E-state index in [1.165, 1.54) is 17.3 Å². The molecule has 14 heavy (non-hydrogen) atoms. The van der Waals surface area contributed by atoms with E-state index in [1.54, 1.807) is 0 Å². The van der Waals surface area contributed by atoms with Gasteiger partial charge in [-0.1, -0.05) is 42.1 Å². The van der Waals surface area contributed by atoms with Crippen LogP contribution in [0.4, 0.5) is 0 Å². The number of benzene rings is 1. The summed E-state index contributed by atoms with van der Waals surface area (Å²) in [5, 5.41) is 3.56. The Labute approximate surface area is 88.1 Å². The maximum absolute atomic E-state index is 11.3. The molecule has 3 heteroatoms.